The van der Waals surface area contributed by atoms with Crippen molar-refractivity contribution in [1.82, 2.24) is 15.5 Å². The minimum Gasteiger partial charge on any atom is -0.356 e. The maximum absolute atomic E-state index is 11.2. The molecule has 0 spiro atoms. The van der Waals surface area contributed by atoms with E-state index in [1.807, 2.05) is 0 Å². The SMILES string of the molecule is CCCCC(=O)NCCc1nc(C)no1. The summed E-state index contributed by atoms with van der Waals surface area (Å²) in [4.78, 5) is 15.3. The summed E-state index contributed by atoms with van der Waals surface area (Å²) in [6.07, 6.45) is 3.17. The van der Waals surface area contributed by atoms with Gasteiger partial charge in [0.1, 0.15) is 0 Å². The standard InChI is InChI=1S/C10H17N3O2/c1-3-4-5-9(14)11-7-6-10-12-8(2)13-15-10/h3-7H2,1-2H3,(H,11,14). The van der Waals surface area contributed by atoms with E-state index in [2.05, 4.69) is 22.4 Å². The van der Waals surface area contributed by atoms with Crippen LogP contribution in [-0.4, -0.2) is 22.6 Å². The number of carbonyl (C=O) groups excluding carboxylic acids is 1. The molecule has 1 aromatic heterocycles. The van der Waals surface area contributed by atoms with Gasteiger partial charge in [-0.25, -0.2) is 0 Å². The highest BCUT2D eigenvalue weighted by molar-refractivity contribution is 5.75. The van der Waals surface area contributed by atoms with E-state index in [0.29, 0.717) is 31.1 Å². The molecule has 0 bridgehead atoms. The van der Waals surface area contributed by atoms with Crippen LogP contribution in [0.1, 0.15) is 37.9 Å². The second kappa shape index (κ2) is 6.16. The molecule has 0 unspecified atom stereocenters. The molecule has 84 valence electrons. The van der Waals surface area contributed by atoms with E-state index in [1.54, 1.807) is 6.92 Å². The zero-order chi connectivity index (χ0) is 11.1. The first-order valence-electron chi connectivity index (χ1n) is 5.28. The van der Waals surface area contributed by atoms with Gasteiger partial charge in [-0.15, -0.1) is 0 Å². The fourth-order valence-electron chi connectivity index (χ4n) is 1.18. The molecule has 0 aliphatic rings. The number of unbranched alkanes of at least 4 members (excludes halogenated alkanes) is 1. The average molecular weight is 211 g/mol. The Bertz CT molecular complexity index is 309. The van der Waals surface area contributed by atoms with Crippen molar-refractivity contribution in [2.24, 2.45) is 0 Å². The third-order valence-corrected chi connectivity index (χ3v) is 1.99. The summed E-state index contributed by atoms with van der Waals surface area (Å²) in [6, 6.07) is 0. The number of hydrogen-bond acceptors (Lipinski definition) is 4. The molecular formula is C10H17N3O2. The Kier molecular flexibility index (Phi) is 4.80. The van der Waals surface area contributed by atoms with E-state index in [4.69, 9.17) is 4.52 Å². The zero-order valence-electron chi connectivity index (χ0n) is 9.25. The van der Waals surface area contributed by atoms with Gasteiger partial charge in [0, 0.05) is 19.4 Å². The summed E-state index contributed by atoms with van der Waals surface area (Å²) >= 11 is 0. The van der Waals surface area contributed by atoms with Crippen molar-refractivity contribution in [1.29, 1.82) is 0 Å². The monoisotopic (exact) mass is 211 g/mol. The van der Waals surface area contributed by atoms with Crippen molar-refractivity contribution in [3.8, 4) is 0 Å². The fourth-order valence-corrected chi connectivity index (χ4v) is 1.18. The van der Waals surface area contributed by atoms with E-state index >= 15 is 0 Å². The lowest BCUT2D eigenvalue weighted by Crippen LogP contribution is -2.25. The topological polar surface area (TPSA) is 68.0 Å². The van der Waals surface area contributed by atoms with Crippen LogP contribution in [0.4, 0.5) is 0 Å². The van der Waals surface area contributed by atoms with E-state index in [1.165, 1.54) is 0 Å². The first kappa shape index (κ1) is 11.7. The summed E-state index contributed by atoms with van der Waals surface area (Å²) in [6.45, 7) is 4.39. The average Bonchev–Trinajstić information content (AvgIpc) is 2.61. The summed E-state index contributed by atoms with van der Waals surface area (Å²) in [5.74, 6) is 1.29. The highest BCUT2D eigenvalue weighted by Crippen LogP contribution is 1.96. The quantitative estimate of drug-likeness (QED) is 0.768. The molecule has 1 rings (SSSR count). The number of aromatic nitrogens is 2. The molecule has 1 heterocycles. The van der Waals surface area contributed by atoms with Gasteiger partial charge in [0.25, 0.3) is 0 Å². The lowest BCUT2D eigenvalue weighted by Gasteiger charge is -2.01. The van der Waals surface area contributed by atoms with Crippen LogP contribution in [0.2, 0.25) is 0 Å². The minimum absolute atomic E-state index is 0.0908. The largest absolute Gasteiger partial charge is 0.356 e. The van der Waals surface area contributed by atoms with Crippen molar-refractivity contribution in [3.05, 3.63) is 11.7 Å². The Morgan fingerprint density at radius 3 is 2.93 bits per heavy atom. The molecule has 1 amide bonds. The highest BCUT2D eigenvalue weighted by atomic mass is 16.5. The van der Waals surface area contributed by atoms with Crippen LogP contribution in [0.15, 0.2) is 4.52 Å². The van der Waals surface area contributed by atoms with E-state index in [0.717, 1.165) is 12.8 Å². The first-order valence-corrected chi connectivity index (χ1v) is 5.28. The van der Waals surface area contributed by atoms with Gasteiger partial charge in [0.15, 0.2) is 5.82 Å². The Morgan fingerprint density at radius 1 is 1.53 bits per heavy atom. The third-order valence-electron chi connectivity index (χ3n) is 1.99. The lowest BCUT2D eigenvalue weighted by atomic mass is 10.2. The van der Waals surface area contributed by atoms with Crippen LogP contribution in [-0.2, 0) is 11.2 Å². The summed E-state index contributed by atoms with van der Waals surface area (Å²) < 4.78 is 4.91. The number of rotatable bonds is 6. The lowest BCUT2D eigenvalue weighted by molar-refractivity contribution is -0.121. The summed E-state index contributed by atoms with van der Waals surface area (Å²) in [5.41, 5.74) is 0. The molecule has 0 aromatic carbocycles. The maximum Gasteiger partial charge on any atom is 0.228 e. The molecule has 0 aliphatic heterocycles. The number of nitrogens with one attached hydrogen (secondary N) is 1. The van der Waals surface area contributed by atoms with E-state index in [9.17, 15) is 4.79 Å². The van der Waals surface area contributed by atoms with Crippen LogP contribution in [0.5, 0.6) is 0 Å². The number of nitrogens with zero attached hydrogens (tertiary/aromatic N) is 2. The van der Waals surface area contributed by atoms with Gasteiger partial charge >= 0.3 is 0 Å². The molecule has 1 aromatic rings. The Hall–Kier alpha value is -1.39. The van der Waals surface area contributed by atoms with Gasteiger partial charge in [0.2, 0.25) is 11.8 Å². The van der Waals surface area contributed by atoms with Crippen LogP contribution >= 0.6 is 0 Å². The van der Waals surface area contributed by atoms with E-state index < -0.39 is 0 Å². The molecule has 0 fully saturated rings. The highest BCUT2D eigenvalue weighted by Gasteiger charge is 2.03. The number of hydrogen-bond donors (Lipinski definition) is 1. The number of carbonyl (C=O) groups is 1. The van der Waals surface area contributed by atoms with Crippen molar-refractivity contribution < 1.29 is 9.32 Å². The van der Waals surface area contributed by atoms with Gasteiger partial charge in [-0.05, 0) is 13.3 Å². The second-order valence-corrected chi connectivity index (χ2v) is 3.44. The molecular weight excluding hydrogens is 194 g/mol. The van der Waals surface area contributed by atoms with Gasteiger partial charge in [-0.2, -0.15) is 4.98 Å². The molecule has 0 aliphatic carbocycles. The molecule has 0 atom stereocenters. The van der Waals surface area contributed by atoms with Gasteiger partial charge in [-0.3, -0.25) is 4.79 Å². The molecule has 5 nitrogen and oxygen atoms in total. The molecule has 0 saturated heterocycles. The molecule has 1 N–H and O–H groups in total. The Morgan fingerprint density at radius 2 is 2.33 bits per heavy atom. The van der Waals surface area contributed by atoms with E-state index in [-0.39, 0.29) is 5.91 Å². The zero-order valence-corrected chi connectivity index (χ0v) is 9.25. The molecule has 0 radical (unpaired) electrons. The summed E-state index contributed by atoms with van der Waals surface area (Å²) in [5, 5.41) is 6.47. The number of amides is 1. The molecule has 5 heteroatoms. The Balaban J connectivity index is 2.13. The predicted molar refractivity (Wildman–Crippen MR) is 55.3 cm³/mol. The Labute approximate surface area is 89.2 Å². The first-order chi connectivity index (χ1) is 7.22. The van der Waals surface area contributed by atoms with Gasteiger partial charge in [-0.1, -0.05) is 18.5 Å². The normalized spacial score (nSPS) is 10.3. The van der Waals surface area contributed by atoms with Gasteiger partial charge in [0.05, 0.1) is 0 Å². The van der Waals surface area contributed by atoms with Crippen LogP contribution in [0.25, 0.3) is 0 Å². The second-order valence-electron chi connectivity index (χ2n) is 3.44. The third kappa shape index (κ3) is 4.58. The van der Waals surface area contributed by atoms with Crippen LogP contribution < -0.4 is 5.32 Å². The van der Waals surface area contributed by atoms with Gasteiger partial charge < -0.3 is 9.84 Å². The summed E-state index contributed by atoms with van der Waals surface area (Å²) in [7, 11) is 0. The predicted octanol–water partition coefficient (Wildman–Crippen LogP) is 1.23. The minimum atomic E-state index is 0.0908. The van der Waals surface area contributed by atoms with Crippen LogP contribution in [0, 0.1) is 6.92 Å². The van der Waals surface area contributed by atoms with Crippen molar-refractivity contribution in [3.63, 3.8) is 0 Å². The van der Waals surface area contributed by atoms with Crippen molar-refractivity contribution >= 4 is 5.91 Å². The maximum atomic E-state index is 11.2. The van der Waals surface area contributed by atoms with Crippen molar-refractivity contribution in [2.45, 2.75) is 39.5 Å². The van der Waals surface area contributed by atoms with Crippen LogP contribution in [0.3, 0.4) is 0 Å². The fraction of sp³-hybridized carbons (Fsp3) is 0.700. The molecule has 15 heavy (non-hydrogen) atoms. The van der Waals surface area contributed by atoms with Crippen molar-refractivity contribution in [2.75, 3.05) is 6.54 Å². The number of aryl methyl sites for hydroxylation is 1. The smallest absolute Gasteiger partial charge is 0.228 e. The molecule has 0 saturated carbocycles.